The number of aryl methyl sites for hydroxylation is 2. The van der Waals surface area contributed by atoms with E-state index in [9.17, 15) is 19.7 Å². The molecule has 17 heavy (non-hydrogen) atoms. The number of nitrogens with zero attached hydrogens (tertiary/aromatic N) is 2. The molecular formula is C11H14N2O4. The molecule has 0 aliphatic heterocycles. The van der Waals surface area contributed by atoms with Crippen molar-refractivity contribution in [2.24, 2.45) is 0 Å². The quantitative estimate of drug-likeness (QED) is 0.574. The van der Waals surface area contributed by atoms with Crippen molar-refractivity contribution in [1.82, 2.24) is 4.57 Å². The van der Waals surface area contributed by atoms with Gasteiger partial charge in [-0.05, 0) is 20.3 Å². The average Bonchev–Trinajstić information content (AvgIpc) is 2.20. The summed E-state index contributed by atoms with van der Waals surface area (Å²) in [4.78, 5) is 32.5. The van der Waals surface area contributed by atoms with Crippen LogP contribution in [0.25, 0.3) is 0 Å². The summed E-state index contributed by atoms with van der Waals surface area (Å²) >= 11 is 0. The van der Waals surface area contributed by atoms with Gasteiger partial charge in [-0.3, -0.25) is 14.9 Å². The summed E-state index contributed by atoms with van der Waals surface area (Å²) in [7, 11) is 0. The number of Topliss-reactive ketones (excluding diaryl/α,β-unsaturated/α-hetero) is 1. The smallest absolute Gasteiger partial charge is 0.288 e. The van der Waals surface area contributed by atoms with Crippen molar-refractivity contribution < 1.29 is 9.72 Å². The molecule has 0 saturated carbocycles. The van der Waals surface area contributed by atoms with Crippen molar-refractivity contribution >= 4 is 11.5 Å². The van der Waals surface area contributed by atoms with Gasteiger partial charge in [-0.25, -0.2) is 0 Å². The Labute approximate surface area is 98.0 Å². The van der Waals surface area contributed by atoms with Gasteiger partial charge in [0.05, 0.1) is 11.1 Å². The van der Waals surface area contributed by atoms with Gasteiger partial charge in [0.15, 0.2) is 0 Å². The number of pyridine rings is 1. The van der Waals surface area contributed by atoms with Gasteiger partial charge >= 0.3 is 0 Å². The molecule has 0 bridgehead atoms. The van der Waals surface area contributed by atoms with Crippen LogP contribution in [-0.2, 0) is 11.3 Å². The fourth-order valence-corrected chi connectivity index (χ4v) is 1.52. The number of carbonyl (C=O) groups is 1. The number of hydrogen-bond donors (Lipinski definition) is 0. The standard InChI is InChI=1S/C11H14N2O4/c1-8-6-11(15)12(5-3-4-9(2)14)7-10(8)13(16)17/h6-7H,3-5H2,1-2H3. The van der Waals surface area contributed by atoms with Gasteiger partial charge in [-0.2, -0.15) is 0 Å². The van der Waals surface area contributed by atoms with Crippen LogP contribution in [0.5, 0.6) is 0 Å². The third-order valence-electron chi connectivity index (χ3n) is 2.43. The Hall–Kier alpha value is -1.98. The Kier molecular flexibility index (Phi) is 4.14. The summed E-state index contributed by atoms with van der Waals surface area (Å²) in [6.45, 7) is 3.32. The second-order valence-electron chi connectivity index (χ2n) is 3.94. The first kappa shape index (κ1) is 13.1. The van der Waals surface area contributed by atoms with E-state index in [1.165, 1.54) is 30.7 Å². The van der Waals surface area contributed by atoms with Crippen LogP contribution >= 0.6 is 0 Å². The minimum absolute atomic E-state index is 0.0414. The van der Waals surface area contributed by atoms with Crippen LogP contribution in [0.15, 0.2) is 17.1 Å². The molecule has 0 aliphatic carbocycles. The number of rotatable bonds is 5. The molecule has 0 saturated heterocycles. The molecule has 6 nitrogen and oxygen atoms in total. The average molecular weight is 238 g/mol. The first-order valence-corrected chi connectivity index (χ1v) is 5.26. The highest BCUT2D eigenvalue weighted by molar-refractivity contribution is 5.75. The zero-order valence-electron chi connectivity index (χ0n) is 9.80. The van der Waals surface area contributed by atoms with Crippen LogP contribution in [0.2, 0.25) is 0 Å². The maximum Gasteiger partial charge on any atom is 0.288 e. The summed E-state index contributed by atoms with van der Waals surface area (Å²) in [5.74, 6) is 0.0414. The first-order chi connectivity index (χ1) is 7.91. The Morgan fingerprint density at radius 3 is 2.71 bits per heavy atom. The molecule has 92 valence electrons. The lowest BCUT2D eigenvalue weighted by Gasteiger charge is -2.05. The number of aromatic nitrogens is 1. The lowest BCUT2D eigenvalue weighted by Crippen LogP contribution is -2.20. The Balaban J connectivity index is 2.92. The lowest BCUT2D eigenvalue weighted by molar-refractivity contribution is -0.385. The second kappa shape index (κ2) is 5.38. The maximum absolute atomic E-state index is 11.5. The normalized spacial score (nSPS) is 10.2. The molecule has 1 aromatic heterocycles. The molecule has 0 radical (unpaired) electrons. The largest absolute Gasteiger partial charge is 0.309 e. The topological polar surface area (TPSA) is 82.2 Å². The number of ketones is 1. The predicted octanol–water partition coefficient (Wildman–Crippen LogP) is 1.43. The van der Waals surface area contributed by atoms with Crippen LogP contribution in [-0.4, -0.2) is 15.3 Å². The van der Waals surface area contributed by atoms with Gasteiger partial charge in [-0.1, -0.05) is 0 Å². The number of carbonyl (C=O) groups excluding carboxylic acids is 1. The van der Waals surface area contributed by atoms with E-state index in [1.54, 1.807) is 0 Å². The summed E-state index contributed by atoms with van der Waals surface area (Å²) in [5.41, 5.74) is -0.00750. The van der Waals surface area contributed by atoms with E-state index >= 15 is 0 Å². The van der Waals surface area contributed by atoms with Gasteiger partial charge < -0.3 is 9.36 Å². The van der Waals surface area contributed by atoms with Crippen LogP contribution in [0.3, 0.4) is 0 Å². The zero-order valence-corrected chi connectivity index (χ0v) is 9.80. The molecule has 0 N–H and O–H groups in total. The molecule has 0 atom stereocenters. The van der Waals surface area contributed by atoms with E-state index in [0.29, 0.717) is 24.9 Å². The molecule has 1 rings (SSSR count). The minimum Gasteiger partial charge on any atom is -0.309 e. The fraction of sp³-hybridized carbons (Fsp3) is 0.455. The molecule has 1 aromatic rings. The van der Waals surface area contributed by atoms with E-state index in [2.05, 4.69) is 0 Å². The lowest BCUT2D eigenvalue weighted by atomic mass is 10.2. The SMILES string of the molecule is CC(=O)CCCn1cc([N+](=O)[O-])c(C)cc1=O. The summed E-state index contributed by atoms with van der Waals surface area (Å²) in [5, 5.41) is 10.7. The Bertz CT molecular complexity index is 505. The van der Waals surface area contributed by atoms with E-state index in [1.807, 2.05) is 0 Å². The highest BCUT2D eigenvalue weighted by Gasteiger charge is 2.12. The van der Waals surface area contributed by atoms with Crippen molar-refractivity contribution in [3.05, 3.63) is 38.3 Å². The molecule has 6 heteroatoms. The Morgan fingerprint density at radius 1 is 1.53 bits per heavy atom. The van der Waals surface area contributed by atoms with Gasteiger partial charge in [0.2, 0.25) is 0 Å². The highest BCUT2D eigenvalue weighted by Crippen LogP contribution is 2.14. The van der Waals surface area contributed by atoms with Gasteiger partial charge in [-0.15, -0.1) is 0 Å². The maximum atomic E-state index is 11.5. The van der Waals surface area contributed by atoms with Crippen LogP contribution < -0.4 is 5.56 Å². The van der Waals surface area contributed by atoms with Crippen molar-refractivity contribution in [1.29, 1.82) is 0 Å². The van der Waals surface area contributed by atoms with Crippen LogP contribution in [0.1, 0.15) is 25.3 Å². The molecule has 0 fully saturated rings. The molecule has 0 spiro atoms. The van der Waals surface area contributed by atoms with Crippen LogP contribution in [0.4, 0.5) is 5.69 Å². The molecule has 1 heterocycles. The third kappa shape index (κ3) is 3.51. The van der Waals surface area contributed by atoms with Crippen molar-refractivity contribution in [2.45, 2.75) is 33.2 Å². The van der Waals surface area contributed by atoms with Crippen molar-refractivity contribution in [3.63, 3.8) is 0 Å². The highest BCUT2D eigenvalue weighted by atomic mass is 16.6. The molecule has 0 amide bonds. The number of nitro groups is 1. The molecule has 0 unspecified atom stereocenters. The van der Waals surface area contributed by atoms with Crippen molar-refractivity contribution in [3.8, 4) is 0 Å². The summed E-state index contributed by atoms with van der Waals surface area (Å²) in [6.07, 6.45) is 2.11. The van der Waals surface area contributed by atoms with Crippen LogP contribution in [0, 0.1) is 17.0 Å². The van der Waals surface area contributed by atoms with Crippen molar-refractivity contribution in [2.75, 3.05) is 0 Å². The van der Waals surface area contributed by atoms with E-state index < -0.39 is 4.92 Å². The monoisotopic (exact) mass is 238 g/mol. The fourth-order valence-electron chi connectivity index (χ4n) is 1.52. The molecular weight excluding hydrogens is 224 g/mol. The molecule has 0 aromatic carbocycles. The van der Waals surface area contributed by atoms with Gasteiger partial charge in [0.1, 0.15) is 5.78 Å². The first-order valence-electron chi connectivity index (χ1n) is 5.26. The second-order valence-corrected chi connectivity index (χ2v) is 3.94. The predicted molar refractivity (Wildman–Crippen MR) is 62.0 cm³/mol. The summed E-state index contributed by atoms with van der Waals surface area (Å²) < 4.78 is 1.27. The summed E-state index contributed by atoms with van der Waals surface area (Å²) in [6, 6.07) is 1.24. The zero-order chi connectivity index (χ0) is 13.0. The van der Waals surface area contributed by atoms with Gasteiger partial charge in [0, 0.05) is 24.6 Å². The Morgan fingerprint density at radius 2 is 2.18 bits per heavy atom. The van der Waals surface area contributed by atoms with E-state index in [4.69, 9.17) is 0 Å². The van der Waals surface area contributed by atoms with Gasteiger partial charge in [0.25, 0.3) is 11.2 Å². The third-order valence-corrected chi connectivity index (χ3v) is 2.43. The molecule has 0 aliphatic rings. The van der Waals surface area contributed by atoms with E-state index in [-0.39, 0.29) is 17.0 Å². The van der Waals surface area contributed by atoms with E-state index in [0.717, 1.165) is 0 Å². The minimum atomic E-state index is -0.518. The number of hydrogen-bond acceptors (Lipinski definition) is 4.